The van der Waals surface area contributed by atoms with E-state index < -0.39 is 11.9 Å². The van der Waals surface area contributed by atoms with Crippen molar-refractivity contribution in [3.8, 4) is 0 Å². The minimum atomic E-state index is -0.656. The van der Waals surface area contributed by atoms with E-state index in [4.69, 9.17) is 9.47 Å². The van der Waals surface area contributed by atoms with Gasteiger partial charge in [-0.2, -0.15) is 0 Å². The molecule has 0 heterocycles. The summed E-state index contributed by atoms with van der Waals surface area (Å²) in [5.41, 5.74) is 0. The van der Waals surface area contributed by atoms with E-state index >= 15 is 0 Å². The van der Waals surface area contributed by atoms with Gasteiger partial charge in [0.1, 0.15) is 6.61 Å². The maximum Gasteiger partial charge on any atom is 0.331 e. The van der Waals surface area contributed by atoms with Gasteiger partial charge in [0, 0.05) is 33.3 Å². The van der Waals surface area contributed by atoms with E-state index in [1.54, 1.807) is 35.0 Å². The summed E-state index contributed by atoms with van der Waals surface area (Å²) in [6.45, 7) is 3.74. The van der Waals surface area contributed by atoms with E-state index in [0.717, 1.165) is 12.2 Å². The third kappa shape index (κ3) is 8.12. The number of amides is 2. The van der Waals surface area contributed by atoms with Crippen molar-refractivity contribution in [2.45, 2.75) is 20.0 Å². The van der Waals surface area contributed by atoms with Gasteiger partial charge in [-0.1, -0.05) is 0 Å². The zero-order chi connectivity index (χ0) is 15.7. The summed E-state index contributed by atoms with van der Waals surface area (Å²) in [7, 11) is 4.87. The Kier molecular flexibility index (Phi) is 8.03. The van der Waals surface area contributed by atoms with Crippen molar-refractivity contribution in [1.29, 1.82) is 0 Å². The fourth-order valence-electron chi connectivity index (χ4n) is 1.18. The lowest BCUT2D eigenvalue weighted by molar-refractivity contribution is -0.142. The van der Waals surface area contributed by atoms with Crippen molar-refractivity contribution in [2.75, 3.05) is 34.3 Å². The zero-order valence-corrected chi connectivity index (χ0v) is 12.6. The SMILES string of the molecule is CC(C)OC(=O)/C=C/C(=O)OCCN(C)C(=O)N(C)C. The standard InChI is InChI=1S/C13H22N2O5/c1-10(2)20-12(17)7-6-11(16)19-9-8-15(5)13(18)14(3)4/h6-7,10H,8-9H2,1-5H3/b7-6+. The molecule has 0 aliphatic rings. The number of nitrogens with zero attached hydrogens (tertiary/aromatic N) is 2. The van der Waals surface area contributed by atoms with Crippen LogP contribution in [0.2, 0.25) is 0 Å². The summed E-state index contributed by atoms with van der Waals surface area (Å²) < 4.78 is 9.66. The molecule has 0 fully saturated rings. The molecule has 0 radical (unpaired) electrons. The first-order valence-electron chi connectivity index (χ1n) is 6.22. The molecule has 0 unspecified atom stereocenters. The van der Waals surface area contributed by atoms with Crippen LogP contribution in [0.25, 0.3) is 0 Å². The van der Waals surface area contributed by atoms with Crippen molar-refractivity contribution in [3.63, 3.8) is 0 Å². The first-order chi connectivity index (χ1) is 9.23. The molecule has 0 N–H and O–H groups in total. The number of urea groups is 1. The molecule has 7 nitrogen and oxygen atoms in total. The van der Waals surface area contributed by atoms with Gasteiger partial charge >= 0.3 is 18.0 Å². The molecule has 7 heteroatoms. The summed E-state index contributed by atoms with van der Waals surface area (Å²) >= 11 is 0. The third-order valence-corrected chi connectivity index (χ3v) is 2.09. The zero-order valence-electron chi connectivity index (χ0n) is 12.6. The van der Waals surface area contributed by atoms with Crippen LogP contribution < -0.4 is 0 Å². The van der Waals surface area contributed by atoms with E-state index in [2.05, 4.69) is 0 Å². The smallest absolute Gasteiger partial charge is 0.331 e. The molecular formula is C13H22N2O5. The predicted octanol–water partition coefficient (Wildman–Crippen LogP) is 0.651. The van der Waals surface area contributed by atoms with Crippen molar-refractivity contribution >= 4 is 18.0 Å². The lowest BCUT2D eigenvalue weighted by Crippen LogP contribution is -2.38. The number of hydrogen-bond acceptors (Lipinski definition) is 5. The molecule has 0 bridgehead atoms. The van der Waals surface area contributed by atoms with Gasteiger partial charge in [-0.15, -0.1) is 0 Å². The molecule has 0 aromatic carbocycles. The number of carbonyl (C=O) groups is 3. The molecular weight excluding hydrogens is 264 g/mol. The van der Waals surface area contributed by atoms with Gasteiger partial charge in [0.25, 0.3) is 0 Å². The summed E-state index contributed by atoms with van der Waals surface area (Å²) in [5.74, 6) is -1.26. The second-order valence-corrected chi connectivity index (χ2v) is 4.59. The topological polar surface area (TPSA) is 76.2 Å². The Labute approximate surface area is 119 Å². The highest BCUT2D eigenvalue weighted by molar-refractivity contribution is 5.91. The molecule has 0 aliphatic carbocycles. The lowest BCUT2D eigenvalue weighted by atomic mass is 10.4. The fourth-order valence-corrected chi connectivity index (χ4v) is 1.18. The lowest BCUT2D eigenvalue weighted by Gasteiger charge is -2.21. The minimum Gasteiger partial charge on any atom is -0.461 e. The summed E-state index contributed by atoms with van der Waals surface area (Å²) in [6.07, 6.45) is 1.77. The molecule has 0 atom stereocenters. The van der Waals surface area contributed by atoms with Crippen molar-refractivity contribution in [2.24, 2.45) is 0 Å². The molecule has 0 saturated carbocycles. The average molecular weight is 286 g/mol. The molecule has 2 amide bonds. The Morgan fingerprint density at radius 1 is 1.05 bits per heavy atom. The molecule has 0 saturated heterocycles. The quantitative estimate of drug-likeness (QED) is 0.529. The average Bonchev–Trinajstić information content (AvgIpc) is 2.34. The molecule has 0 spiro atoms. The van der Waals surface area contributed by atoms with Crippen LogP contribution in [0.1, 0.15) is 13.8 Å². The maximum atomic E-state index is 11.5. The molecule has 0 aromatic rings. The summed E-state index contributed by atoms with van der Waals surface area (Å²) in [6, 6.07) is -0.183. The van der Waals surface area contributed by atoms with Crippen molar-refractivity contribution in [3.05, 3.63) is 12.2 Å². The second kappa shape index (κ2) is 8.95. The highest BCUT2D eigenvalue weighted by Gasteiger charge is 2.10. The van der Waals surface area contributed by atoms with E-state index in [-0.39, 0.29) is 25.3 Å². The van der Waals surface area contributed by atoms with Crippen LogP contribution in [-0.4, -0.2) is 68.2 Å². The molecule has 0 rings (SSSR count). The first kappa shape index (κ1) is 17.9. The van der Waals surface area contributed by atoms with Crippen LogP contribution in [0.4, 0.5) is 4.79 Å². The van der Waals surface area contributed by atoms with Gasteiger partial charge in [0.2, 0.25) is 0 Å². The normalized spacial score (nSPS) is 10.5. The van der Waals surface area contributed by atoms with Crippen LogP contribution in [0.15, 0.2) is 12.2 Å². The molecule has 114 valence electrons. The fraction of sp³-hybridized carbons (Fsp3) is 0.615. The highest BCUT2D eigenvalue weighted by atomic mass is 16.5. The van der Waals surface area contributed by atoms with Crippen LogP contribution in [0, 0.1) is 0 Å². The third-order valence-electron chi connectivity index (χ3n) is 2.09. The van der Waals surface area contributed by atoms with Gasteiger partial charge in [-0.05, 0) is 13.8 Å². The Balaban J connectivity index is 3.97. The predicted molar refractivity (Wildman–Crippen MR) is 73.0 cm³/mol. The van der Waals surface area contributed by atoms with Gasteiger partial charge in [-0.25, -0.2) is 14.4 Å². The maximum absolute atomic E-state index is 11.5. The first-order valence-corrected chi connectivity index (χ1v) is 6.22. The van der Waals surface area contributed by atoms with Gasteiger partial charge in [-0.3, -0.25) is 0 Å². The highest BCUT2D eigenvalue weighted by Crippen LogP contribution is 1.93. The van der Waals surface area contributed by atoms with Crippen LogP contribution >= 0.6 is 0 Å². The Morgan fingerprint density at radius 3 is 2.10 bits per heavy atom. The van der Waals surface area contributed by atoms with Gasteiger partial charge < -0.3 is 19.3 Å². The van der Waals surface area contributed by atoms with E-state index in [9.17, 15) is 14.4 Å². The van der Waals surface area contributed by atoms with Gasteiger partial charge in [0.05, 0.1) is 12.6 Å². The summed E-state index contributed by atoms with van der Waals surface area (Å²) in [5, 5.41) is 0. The molecule has 0 aliphatic heterocycles. The largest absolute Gasteiger partial charge is 0.461 e. The molecule has 20 heavy (non-hydrogen) atoms. The Bertz CT molecular complexity index is 377. The Morgan fingerprint density at radius 2 is 1.60 bits per heavy atom. The van der Waals surface area contributed by atoms with Gasteiger partial charge in [0.15, 0.2) is 0 Å². The minimum absolute atomic E-state index is 0.0540. The van der Waals surface area contributed by atoms with Crippen LogP contribution in [0.5, 0.6) is 0 Å². The molecule has 0 aromatic heterocycles. The number of ether oxygens (including phenoxy) is 2. The summed E-state index contributed by atoms with van der Waals surface area (Å²) in [4.78, 5) is 36.7. The monoisotopic (exact) mass is 286 g/mol. The number of esters is 2. The number of carbonyl (C=O) groups excluding carboxylic acids is 3. The number of hydrogen-bond donors (Lipinski definition) is 0. The second-order valence-electron chi connectivity index (χ2n) is 4.59. The van der Waals surface area contributed by atoms with Crippen LogP contribution in [0.3, 0.4) is 0 Å². The van der Waals surface area contributed by atoms with Crippen molar-refractivity contribution in [1.82, 2.24) is 9.80 Å². The van der Waals surface area contributed by atoms with Crippen molar-refractivity contribution < 1.29 is 23.9 Å². The van der Waals surface area contributed by atoms with Crippen LogP contribution in [-0.2, 0) is 19.1 Å². The number of likely N-dealkylation sites (N-methyl/N-ethyl adjacent to an activating group) is 1. The van der Waals surface area contributed by atoms with E-state index in [1.165, 1.54) is 9.80 Å². The van der Waals surface area contributed by atoms with E-state index in [0.29, 0.717) is 0 Å². The van der Waals surface area contributed by atoms with E-state index in [1.807, 2.05) is 0 Å². The Hall–Kier alpha value is -2.05. The number of rotatable bonds is 6.